The monoisotopic (exact) mass is 240 g/mol. The molecule has 4 nitrogen and oxygen atoms in total. The van der Waals surface area contributed by atoms with Crippen LogP contribution in [-0.2, 0) is 14.3 Å². The molecule has 0 bridgehead atoms. The Morgan fingerprint density at radius 1 is 1.50 bits per heavy atom. The van der Waals surface area contributed by atoms with Crippen molar-refractivity contribution in [2.24, 2.45) is 0 Å². The number of esters is 2. The highest BCUT2D eigenvalue weighted by Gasteiger charge is 2.11. The number of thiophene rings is 1. The van der Waals surface area contributed by atoms with Gasteiger partial charge in [-0.05, 0) is 24.4 Å². The molecule has 0 aliphatic rings. The van der Waals surface area contributed by atoms with Crippen LogP contribution in [0.15, 0.2) is 17.5 Å². The normalized spacial score (nSPS) is 10.4. The molecule has 1 aromatic heterocycles. The minimum absolute atomic E-state index is 0.330. The molecular formula is C11H12O4S. The van der Waals surface area contributed by atoms with E-state index in [-0.39, 0.29) is 0 Å². The minimum Gasteiger partial charge on any atom is -0.465 e. The van der Waals surface area contributed by atoms with Crippen LogP contribution in [-0.4, -0.2) is 25.7 Å². The van der Waals surface area contributed by atoms with E-state index < -0.39 is 11.9 Å². The molecule has 0 fully saturated rings. The zero-order chi connectivity index (χ0) is 12.0. The second-order valence-corrected chi connectivity index (χ2v) is 3.70. The summed E-state index contributed by atoms with van der Waals surface area (Å²) in [6.45, 7) is 2.06. The number of rotatable bonds is 4. The molecule has 1 rings (SSSR count). The molecule has 0 amide bonds. The van der Waals surface area contributed by atoms with E-state index in [4.69, 9.17) is 4.74 Å². The van der Waals surface area contributed by atoms with E-state index in [0.717, 1.165) is 0 Å². The molecule has 16 heavy (non-hydrogen) atoms. The van der Waals surface area contributed by atoms with E-state index >= 15 is 0 Å². The first-order valence-electron chi connectivity index (χ1n) is 4.69. The summed E-state index contributed by atoms with van der Waals surface area (Å²) in [6, 6.07) is 1.74. The van der Waals surface area contributed by atoms with Crippen molar-refractivity contribution in [1.82, 2.24) is 0 Å². The molecule has 0 N–H and O–H groups in total. The van der Waals surface area contributed by atoms with Gasteiger partial charge in [0.05, 0.1) is 13.7 Å². The van der Waals surface area contributed by atoms with E-state index in [1.54, 1.807) is 24.4 Å². The van der Waals surface area contributed by atoms with E-state index in [0.29, 0.717) is 17.0 Å². The summed E-state index contributed by atoms with van der Waals surface area (Å²) in [6.07, 6.45) is 2.83. The van der Waals surface area contributed by atoms with Crippen LogP contribution in [0.2, 0.25) is 0 Å². The van der Waals surface area contributed by atoms with Crippen molar-refractivity contribution in [2.45, 2.75) is 6.92 Å². The summed E-state index contributed by atoms with van der Waals surface area (Å²) in [5, 5.41) is 1.76. The Morgan fingerprint density at radius 2 is 2.25 bits per heavy atom. The van der Waals surface area contributed by atoms with Gasteiger partial charge in [0.1, 0.15) is 4.88 Å². The lowest BCUT2D eigenvalue weighted by molar-refractivity contribution is -0.137. The largest absolute Gasteiger partial charge is 0.465 e. The van der Waals surface area contributed by atoms with Crippen LogP contribution in [0.1, 0.15) is 22.2 Å². The molecule has 1 aromatic rings. The van der Waals surface area contributed by atoms with Crippen LogP contribution in [0.25, 0.3) is 6.08 Å². The van der Waals surface area contributed by atoms with Gasteiger partial charge in [0.15, 0.2) is 0 Å². The number of hydrogen-bond donors (Lipinski definition) is 0. The Bertz CT molecular complexity index is 406. The van der Waals surface area contributed by atoms with Gasteiger partial charge in [0.2, 0.25) is 0 Å². The molecule has 0 aliphatic carbocycles. The third-order valence-electron chi connectivity index (χ3n) is 1.75. The van der Waals surface area contributed by atoms with Crippen molar-refractivity contribution < 1.29 is 19.1 Å². The lowest BCUT2D eigenvalue weighted by Gasteiger charge is -1.97. The molecule has 0 radical (unpaired) electrons. The number of carbonyl (C=O) groups is 2. The quantitative estimate of drug-likeness (QED) is 0.597. The van der Waals surface area contributed by atoms with Crippen LogP contribution in [0.5, 0.6) is 0 Å². The fraction of sp³-hybridized carbons (Fsp3) is 0.273. The standard InChI is InChI=1S/C11H12O4S/c1-3-15-9(12)5-4-8-6-7-16-10(8)11(13)14-2/h4-7H,3H2,1-2H3/b5-4+. The van der Waals surface area contributed by atoms with Crippen LogP contribution in [0, 0.1) is 0 Å². The van der Waals surface area contributed by atoms with Gasteiger partial charge in [0, 0.05) is 11.6 Å². The highest BCUT2D eigenvalue weighted by molar-refractivity contribution is 7.12. The summed E-state index contributed by atoms with van der Waals surface area (Å²) < 4.78 is 9.34. The highest BCUT2D eigenvalue weighted by Crippen LogP contribution is 2.19. The molecule has 86 valence electrons. The van der Waals surface area contributed by atoms with Gasteiger partial charge >= 0.3 is 11.9 Å². The third kappa shape index (κ3) is 3.20. The fourth-order valence-corrected chi connectivity index (χ4v) is 1.86. The van der Waals surface area contributed by atoms with Crippen LogP contribution in [0.3, 0.4) is 0 Å². The number of ether oxygens (including phenoxy) is 2. The second kappa shape index (κ2) is 6.07. The van der Waals surface area contributed by atoms with Gasteiger partial charge in [-0.25, -0.2) is 9.59 Å². The maximum atomic E-state index is 11.3. The lowest BCUT2D eigenvalue weighted by atomic mass is 10.2. The third-order valence-corrected chi connectivity index (χ3v) is 2.66. The summed E-state index contributed by atoms with van der Waals surface area (Å²) in [5.74, 6) is -0.831. The number of methoxy groups -OCH3 is 1. The van der Waals surface area contributed by atoms with Gasteiger partial charge in [-0.15, -0.1) is 11.3 Å². The van der Waals surface area contributed by atoms with E-state index in [9.17, 15) is 9.59 Å². The van der Waals surface area contributed by atoms with Gasteiger partial charge in [-0.1, -0.05) is 0 Å². The zero-order valence-electron chi connectivity index (χ0n) is 9.06. The molecule has 5 heteroatoms. The van der Waals surface area contributed by atoms with E-state index in [1.165, 1.54) is 24.5 Å². The Hall–Kier alpha value is -1.62. The Balaban J connectivity index is 2.78. The molecule has 0 aromatic carbocycles. The van der Waals surface area contributed by atoms with Crippen LogP contribution < -0.4 is 0 Å². The molecule has 0 atom stereocenters. The average molecular weight is 240 g/mol. The molecule has 0 saturated carbocycles. The van der Waals surface area contributed by atoms with Crippen molar-refractivity contribution >= 4 is 29.4 Å². The van der Waals surface area contributed by atoms with E-state index in [2.05, 4.69) is 4.74 Å². The second-order valence-electron chi connectivity index (χ2n) is 2.78. The van der Waals surface area contributed by atoms with Crippen molar-refractivity contribution in [2.75, 3.05) is 13.7 Å². The maximum absolute atomic E-state index is 11.3. The van der Waals surface area contributed by atoms with E-state index in [1.807, 2.05) is 0 Å². The number of carbonyl (C=O) groups excluding carboxylic acids is 2. The molecule has 1 heterocycles. The zero-order valence-corrected chi connectivity index (χ0v) is 9.87. The van der Waals surface area contributed by atoms with Crippen molar-refractivity contribution in [3.8, 4) is 0 Å². The van der Waals surface area contributed by atoms with Gasteiger partial charge < -0.3 is 9.47 Å². The summed E-state index contributed by atoms with van der Waals surface area (Å²) in [4.78, 5) is 22.8. The maximum Gasteiger partial charge on any atom is 0.348 e. The van der Waals surface area contributed by atoms with Crippen LogP contribution in [0.4, 0.5) is 0 Å². The van der Waals surface area contributed by atoms with Crippen molar-refractivity contribution in [3.63, 3.8) is 0 Å². The van der Waals surface area contributed by atoms with Gasteiger partial charge in [0.25, 0.3) is 0 Å². The average Bonchev–Trinajstić information content (AvgIpc) is 2.74. The Labute approximate surface area is 97.5 Å². The highest BCUT2D eigenvalue weighted by atomic mass is 32.1. The fourth-order valence-electron chi connectivity index (χ4n) is 1.06. The van der Waals surface area contributed by atoms with Crippen LogP contribution >= 0.6 is 11.3 Å². The summed E-state index contributed by atoms with van der Waals surface area (Å²) in [7, 11) is 1.32. The molecular weight excluding hydrogens is 228 g/mol. The van der Waals surface area contributed by atoms with Gasteiger partial charge in [-0.3, -0.25) is 0 Å². The Kier molecular flexibility index (Phi) is 4.72. The Morgan fingerprint density at radius 3 is 2.88 bits per heavy atom. The summed E-state index contributed by atoms with van der Waals surface area (Å²) in [5.41, 5.74) is 0.657. The lowest BCUT2D eigenvalue weighted by Crippen LogP contribution is -2.01. The predicted octanol–water partition coefficient (Wildman–Crippen LogP) is 2.11. The minimum atomic E-state index is -0.426. The smallest absolute Gasteiger partial charge is 0.348 e. The summed E-state index contributed by atoms with van der Waals surface area (Å²) >= 11 is 1.27. The van der Waals surface area contributed by atoms with Crippen molar-refractivity contribution in [3.05, 3.63) is 28.0 Å². The molecule has 0 spiro atoms. The molecule has 0 saturated heterocycles. The molecule has 0 unspecified atom stereocenters. The van der Waals surface area contributed by atoms with Crippen molar-refractivity contribution in [1.29, 1.82) is 0 Å². The first-order chi connectivity index (χ1) is 7.69. The first-order valence-corrected chi connectivity index (χ1v) is 5.57. The van der Waals surface area contributed by atoms with Gasteiger partial charge in [-0.2, -0.15) is 0 Å². The number of hydrogen-bond acceptors (Lipinski definition) is 5. The first kappa shape index (κ1) is 12.4. The predicted molar refractivity (Wildman–Crippen MR) is 61.3 cm³/mol. The topological polar surface area (TPSA) is 52.6 Å². The molecule has 0 aliphatic heterocycles. The SMILES string of the molecule is CCOC(=O)/C=C/c1ccsc1C(=O)OC.